The zero-order valence-corrected chi connectivity index (χ0v) is 17.9. The number of thioether (sulfide) groups is 1. The van der Waals surface area contributed by atoms with Crippen LogP contribution < -0.4 is 14.8 Å². The van der Waals surface area contributed by atoms with Gasteiger partial charge in [-0.25, -0.2) is 0 Å². The molecule has 2 aromatic rings. The summed E-state index contributed by atoms with van der Waals surface area (Å²) in [5.41, 5.74) is 1.65. The highest BCUT2D eigenvalue weighted by Gasteiger charge is 2.32. The molecule has 3 rings (SSSR count). The normalized spacial score (nSPS) is 15.4. The molecule has 0 saturated carbocycles. The van der Waals surface area contributed by atoms with Crippen LogP contribution in [0.1, 0.15) is 5.56 Å². The van der Waals surface area contributed by atoms with Crippen LogP contribution in [0.25, 0.3) is 6.08 Å². The Morgan fingerprint density at radius 2 is 2.00 bits per heavy atom. The Bertz CT molecular complexity index is 918. The molecule has 1 heterocycles. The molecule has 1 saturated heterocycles. The smallest absolute Gasteiger partial charge is 0.267 e. The minimum atomic E-state index is -0.144. The number of nitrogens with zero attached hydrogens (tertiary/aromatic N) is 1. The predicted molar refractivity (Wildman–Crippen MR) is 117 cm³/mol. The Morgan fingerprint density at radius 1 is 1.22 bits per heavy atom. The van der Waals surface area contributed by atoms with E-state index < -0.39 is 0 Å². The lowest BCUT2D eigenvalue weighted by Crippen LogP contribution is -2.33. The van der Waals surface area contributed by atoms with E-state index in [9.17, 15) is 4.79 Å². The van der Waals surface area contributed by atoms with Crippen LogP contribution in [0.5, 0.6) is 11.5 Å². The molecule has 0 aliphatic carbocycles. The molecule has 0 unspecified atom stereocenters. The van der Waals surface area contributed by atoms with E-state index in [2.05, 4.69) is 21.2 Å². The maximum absolute atomic E-state index is 12.8. The number of ether oxygens (including phenoxy) is 2. The van der Waals surface area contributed by atoms with E-state index in [4.69, 9.17) is 21.7 Å². The number of thiocarbonyl (C=S) groups is 1. The molecular weight excluding hydrogens is 448 g/mol. The van der Waals surface area contributed by atoms with Gasteiger partial charge in [0, 0.05) is 15.7 Å². The average Bonchev–Trinajstić information content (AvgIpc) is 2.94. The number of methoxy groups -OCH3 is 2. The summed E-state index contributed by atoms with van der Waals surface area (Å²) in [4.78, 5) is 14.9. The van der Waals surface area contributed by atoms with Gasteiger partial charge in [-0.3, -0.25) is 9.69 Å². The summed E-state index contributed by atoms with van der Waals surface area (Å²) in [6, 6.07) is 13.2. The van der Waals surface area contributed by atoms with Crippen LogP contribution in [-0.2, 0) is 4.79 Å². The molecule has 1 fully saturated rings. The van der Waals surface area contributed by atoms with Crippen molar-refractivity contribution in [1.29, 1.82) is 0 Å². The quantitative estimate of drug-likeness (QED) is 0.492. The van der Waals surface area contributed by atoms with Gasteiger partial charge < -0.3 is 14.8 Å². The van der Waals surface area contributed by atoms with Crippen molar-refractivity contribution in [2.24, 2.45) is 0 Å². The van der Waals surface area contributed by atoms with Gasteiger partial charge in [-0.1, -0.05) is 36.1 Å². The van der Waals surface area contributed by atoms with Crippen molar-refractivity contribution in [3.63, 3.8) is 0 Å². The minimum absolute atomic E-state index is 0.144. The molecule has 0 atom stereocenters. The maximum atomic E-state index is 12.8. The monoisotopic (exact) mass is 464 g/mol. The average molecular weight is 465 g/mol. The van der Waals surface area contributed by atoms with E-state index >= 15 is 0 Å². The SMILES string of the molecule is COc1ccc(OC)c(C=C2SC(=S)N(CNc3ccccc3Br)C2=O)c1. The summed E-state index contributed by atoms with van der Waals surface area (Å²) >= 11 is 10.1. The first kappa shape index (κ1) is 19.7. The molecule has 27 heavy (non-hydrogen) atoms. The summed E-state index contributed by atoms with van der Waals surface area (Å²) in [7, 11) is 3.18. The van der Waals surface area contributed by atoms with Gasteiger partial charge in [0.1, 0.15) is 15.8 Å². The Morgan fingerprint density at radius 3 is 2.70 bits per heavy atom. The number of benzene rings is 2. The van der Waals surface area contributed by atoms with Gasteiger partial charge in [0.05, 0.1) is 25.8 Å². The highest BCUT2D eigenvalue weighted by Crippen LogP contribution is 2.35. The Labute approximate surface area is 175 Å². The number of amides is 1. The molecular formula is C19H17BrN2O3S2. The highest BCUT2D eigenvalue weighted by molar-refractivity contribution is 9.10. The summed E-state index contributed by atoms with van der Waals surface area (Å²) in [6.07, 6.45) is 1.78. The first-order valence-electron chi connectivity index (χ1n) is 7.99. The van der Waals surface area contributed by atoms with Crippen LogP contribution in [0.3, 0.4) is 0 Å². The third-order valence-electron chi connectivity index (χ3n) is 3.90. The fourth-order valence-electron chi connectivity index (χ4n) is 2.50. The molecule has 2 aromatic carbocycles. The number of anilines is 1. The summed E-state index contributed by atoms with van der Waals surface area (Å²) in [5, 5.41) is 3.23. The van der Waals surface area contributed by atoms with Crippen molar-refractivity contribution in [1.82, 2.24) is 4.90 Å². The van der Waals surface area contributed by atoms with Crippen LogP contribution in [-0.4, -0.2) is 36.0 Å². The van der Waals surface area contributed by atoms with Gasteiger partial charge in [0.2, 0.25) is 0 Å². The second-order valence-corrected chi connectivity index (χ2v) is 8.06. The molecule has 0 aromatic heterocycles. The second kappa shape index (κ2) is 8.77. The second-order valence-electron chi connectivity index (χ2n) is 5.53. The predicted octanol–water partition coefficient (Wildman–Crippen LogP) is 4.74. The van der Waals surface area contributed by atoms with Gasteiger partial charge in [-0.15, -0.1) is 0 Å². The van der Waals surface area contributed by atoms with Gasteiger partial charge in [-0.2, -0.15) is 0 Å². The van der Waals surface area contributed by atoms with Crippen molar-refractivity contribution >= 4 is 61.9 Å². The fourth-order valence-corrected chi connectivity index (χ4v) is 4.17. The fraction of sp³-hybridized carbons (Fsp3) is 0.158. The molecule has 1 amide bonds. The lowest BCUT2D eigenvalue weighted by molar-refractivity contribution is -0.121. The number of halogens is 1. The lowest BCUT2D eigenvalue weighted by Gasteiger charge is -2.17. The molecule has 0 radical (unpaired) electrons. The van der Waals surface area contributed by atoms with E-state index in [1.807, 2.05) is 36.4 Å². The van der Waals surface area contributed by atoms with Crippen molar-refractivity contribution in [2.75, 3.05) is 26.2 Å². The first-order valence-corrected chi connectivity index (χ1v) is 10.0. The van der Waals surface area contributed by atoms with Crippen LogP contribution in [0, 0.1) is 0 Å². The molecule has 8 heteroatoms. The molecule has 0 spiro atoms. The van der Waals surface area contributed by atoms with E-state index in [-0.39, 0.29) is 5.91 Å². The summed E-state index contributed by atoms with van der Waals surface area (Å²) < 4.78 is 12.1. The topological polar surface area (TPSA) is 50.8 Å². The number of rotatable bonds is 6. The van der Waals surface area contributed by atoms with E-state index in [0.717, 1.165) is 15.7 Å². The zero-order valence-electron chi connectivity index (χ0n) is 14.7. The number of nitrogens with one attached hydrogen (secondary N) is 1. The molecule has 1 N–H and O–H groups in total. The van der Waals surface area contributed by atoms with E-state index in [0.29, 0.717) is 27.4 Å². The maximum Gasteiger partial charge on any atom is 0.267 e. The van der Waals surface area contributed by atoms with E-state index in [1.54, 1.807) is 26.4 Å². The van der Waals surface area contributed by atoms with Crippen LogP contribution >= 0.6 is 39.9 Å². The van der Waals surface area contributed by atoms with Gasteiger partial charge in [-0.05, 0) is 52.3 Å². The molecule has 140 valence electrons. The molecule has 1 aliphatic heterocycles. The van der Waals surface area contributed by atoms with Crippen LogP contribution in [0.4, 0.5) is 5.69 Å². The van der Waals surface area contributed by atoms with Crippen molar-refractivity contribution in [3.8, 4) is 11.5 Å². The number of para-hydroxylation sites is 1. The largest absolute Gasteiger partial charge is 0.497 e. The number of carbonyl (C=O) groups is 1. The molecule has 5 nitrogen and oxygen atoms in total. The van der Waals surface area contributed by atoms with Crippen LogP contribution in [0.2, 0.25) is 0 Å². The number of hydrogen-bond donors (Lipinski definition) is 1. The van der Waals surface area contributed by atoms with Gasteiger partial charge >= 0.3 is 0 Å². The van der Waals surface area contributed by atoms with Crippen molar-refractivity contribution in [3.05, 3.63) is 57.4 Å². The lowest BCUT2D eigenvalue weighted by atomic mass is 10.1. The number of hydrogen-bond acceptors (Lipinski definition) is 6. The van der Waals surface area contributed by atoms with Crippen molar-refractivity contribution < 1.29 is 14.3 Å². The highest BCUT2D eigenvalue weighted by atomic mass is 79.9. The molecule has 0 bridgehead atoms. The summed E-state index contributed by atoms with van der Waals surface area (Å²) in [5.74, 6) is 1.20. The first-order chi connectivity index (χ1) is 13.0. The van der Waals surface area contributed by atoms with E-state index in [1.165, 1.54) is 16.7 Å². The Kier molecular flexibility index (Phi) is 6.41. The standard InChI is InChI=1S/C19H17BrN2O3S2/c1-24-13-7-8-16(25-2)12(9-13)10-17-18(23)22(19(26)27-17)11-21-15-6-4-3-5-14(15)20/h3-10,21H,11H2,1-2H3. The Balaban J connectivity index is 1.80. The third kappa shape index (κ3) is 4.45. The van der Waals surface area contributed by atoms with Gasteiger partial charge in [0.25, 0.3) is 5.91 Å². The third-order valence-corrected chi connectivity index (χ3v) is 5.97. The van der Waals surface area contributed by atoms with Crippen molar-refractivity contribution in [2.45, 2.75) is 0 Å². The Hall–Kier alpha value is -2.03. The van der Waals surface area contributed by atoms with Gasteiger partial charge in [0.15, 0.2) is 0 Å². The molecule has 1 aliphatic rings. The summed E-state index contributed by atoms with van der Waals surface area (Å²) in [6.45, 7) is 0.292. The zero-order chi connectivity index (χ0) is 19.4. The number of carbonyl (C=O) groups excluding carboxylic acids is 1. The van der Waals surface area contributed by atoms with Crippen LogP contribution in [0.15, 0.2) is 51.8 Å². The minimum Gasteiger partial charge on any atom is -0.497 e.